The molecule has 136 valence electrons. The van der Waals surface area contributed by atoms with Gasteiger partial charge in [0, 0.05) is 26.2 Å². The lowest BCUT2D eigenvalue weighted by Gasteiger charge is -2.30. The van der Waals surface area contributed by atoms with Crippen LogP contribution in [0.25, 0.3) is 0 Å². The van der Waals surface area contributed by atoms with Gasteiger partial charge in [0.2, 0.25) is 0 Å². The van der Waals surface area contributed by atoms with Crippen molar-refractivity contribution in [2.24, 2.45) is 5.92 Å². The van der Waals surface area contributed by atoms with E-state index in [2.05, 4.69) is 34.9 Å². The van der Waals surface area contributed by atoms with Crippen LogP contribution in [0, 0.1) is 5.92 Å². The Hall–Kier alpha value is -1.92. The molecule has 1 amide bonds. The predicted molar refractivity (Wildman–Crippen MR) is 97.2 cm³/mol. The van der Waals surface area contributed by atoms with E-state index in [1.807, 2.05) is 10.7 Å². The maximum Gasteiger partial charge on any atom is 0.271 e. The summed E-state index contributed by atoms with van der Waals surface area (Å²) in [6.45, 7) is 9.99. The van der Waals surface area contributed by atoms with Crippen molar-refractivity contribution in [3.8, 4) is 0 Å². The number of fused-ring (bicyclic) bond motifs is 1. The Bertz CT molecular complexity index is 677. The molecule has 2 heterocycles. The van der Waals surface area contributed by atoms with E-state index in [4.69, 9.17) is 5.11 Å². The molecule has 0 unspecified atom stereocenters. The van der Waals surface area contributed by atoms with Gasteiger partial charge in [-0.1, -0.05) is 23.8 Å². The summed E-state index contributed by atoms with van der Waals surface area (Å²) in [5.74, 6) is 0.426. The van der Waals surface area contributed by atoms with Crippen molar-refractivity contribution < 1.29 is 9.90 Å². The van der Waals surface area contributed by atoms with Crippen LogP contribution in [-0.4, -0.2) is 51.9 Å². The van der Waals surface area contributed by atoms with Crippen molar-refractivity contribution in [1.29, 1.82) is 0 Å². The van der Waals surface area contributed by atoms with Gasteiger partial charge in [-0.05, 0) is 38.2 Å². The average Bonchev–Trinajstić information content (AvgIpc) is 3.03. The third kappa shape index (κ3) is 4.38. The molecule has 6 heteroatoms. The van der Waals surface area contributed by atoms with E-state index in [1.54, 1.807) is 0 Å². The summed E-state index contributed by atoms with van der Waals surface area (Å²) in [7, 11) is 0. The highest BCUT2D eigenvalue weighted by molar-refractivity contribution is 5.92. The van der Waals surface area contributed by atoms with E-state index in [0.717, 1.165) is 44.7 Å². The van der Waals surface area contributed by atoms with Crippen molar-refractivity contribution in [3.63, 3.8) is 0 Å². The van der Waals surface area contributed by atoms with Crippen molar-refractivity contribution in [2.45, 2.75) is 39.3 Å². The van der Waals surface area contributed by atoms with Gasteiger partial charge < -0.3 is 10.4 Å². The van der Waals surface area contributed by atoms with Crippen molar-refractivity contribution >= 4 is 5.91 Å². The van der Waals surface area contributed by atoms with Gasteiger partial charge in [0.05, 0.1) is 18.8 Å². The summed E-state index contributed by atoms with van der Waals surface area (Å²) in [5, 5.41) is 15.8. The molecule has 0 saturated heterocycles. The zero-order valence-electron chi connectivity index (χ0n) is 15.0. The maximum absolute atomic E-state index is 12.0. The lowest BCUT2D eigenvalue weighted by molar-refractivity contribution is 0.0938. The van der Waals surface area contributed by atoms with Gasteiger partial charge in [-0.2, -0.15) is 5.10 Å². The van der Waals surface area contributed by atoms with Gasteiger partial charge in [-0.25, -0.2) is 0 Å². The van der Waals surface area contributed by atoms with Crippen molar-refractivity contribution in [1.82, 2.24) is 20.0 Å². The smallest absolute Gasteiger partial charge is 0.271 e. The Kier molecular flexibility index (Phi) is 5.71. The summed E-state index contributed by atoms with van der Waals surface area (Å²) >= 11 is 0. The summed E-state index contributed by atoms with van der Waals surface area (Å²) in [6, 6.07) is 1.87. The van der Waals surface area contributed by atoms with E-state index in [1.165, 1.54) is 17.6 Å². The first-order valence-electron chi connectivity index (χ1n) is 9.08. The minimum atomic E-state index is -0.219. The number of nitrogens with zero attached hydrogens (tertiary/aromatic N) is 3. The van der Waals surface area contributed by atoms with Gasteiger partial charge in [0.15, 0.2) is 0 Å². The summed E-state index contributed by atoms with van der Waals surface area (Å²) in [5.41, 5.74) is 4.33. The number of hydrogen-bond donors (Lipinski definition) is 2. The van der Waals surface area contributed by atoms with E-state index in [9.17, 15) is 4.79 Å². The third-order valence-electron chi connectivity index (χ3n) is 5.14. The van der Waals surface area contributed by atoms with E-state index in [0.29, 0.717) is 11.6 Å². The Morgan fingerprint density at radius 3 is 3.00 bits per heavy atom. The van der Waals surface area contributed by atoms with Crippen LogP contribution in [-0.2, 0) is 13.1 Å². The Balaban J connectivity index is 1.57. The second-order valence-electron chi connectivity index (χ2n) is 7.11. The standard InChI is InChI=1S/C19H28N4O2/c1-14(2)16-5-3-15(4-6-16)12-22-8-9-23-17(13-22)11-18(21-23)19(25)20-7-10-24/h3,11,16,24H,1,4-10,12-13H2,2H3,(H,20,25)/t16-/m1/s1. The van der Waals surface area contributed by atoms with Crippen LogP contribution in [0.15, 0.2) is 29.9 Å². The predicted octanol–water partition coefficient (Wildman–Crippen LogP) is 1.72. The molecule has 2 N–H and O–H groups in total. The highest BCUT2D eigenvalue weighted by atomic mass is 16.3. The molecule has 1 aromatic rings. The van der Waals surface area contributed by atoms with Crippen LogP contribution in [0.2, 0.25) is 0 Å². The fraction of sp³-hybridized carbons (Fsp3) is 0.579. The SMILES string of the molecule is C=C(C)[C@@H]1CC=C(CN2CCn3nc(C(=O)NCCO)cc3C2)CC1. The van der Waals surface area contributed by atoms with E-state index < -0.39 is 0 Å². The molecule has 1 aromatic heterocycles. The number of hydrogen-bond acceptors (Lipinski definition) is 4. The first-order valence-corrected chi connectivity index (χ1v) is 9.08. The third-order valence-corrected chi connectivity index (χ3v) is 5.14. The number of aromatic nitrogens is 2. The highest BCUT2D eigenvalue weighted by Gasteiger charge is 2.22. The number of nitrogens with one attached hydrogen (secondary N) is 1. The normalized spacial score (nSPS) is 20.7. The van der Waals surface area contributed by atoms with Gasteiger partial charge in [-0.15, -0.1) is 0 Å². The Labute approximate surface area is 149 Å². The second-order valence-corrected chi connectivity index (χ2v) is 7.11. The molecule has 25 heavy (non-hydrogen) atoms. The number of amides is 1. The molecule has 0 saturated carbocycles. The first-order chi connectivity index (χ1) is 12.1. The quantitative estimate of drug-likeness (QED) is 0.771. The molecule has 0 radical (unpaired) electrons. The zero-order chi connectivity index (χ0) is 17.8. The molecule has 0 aromatic carbocycles. The fourth-order valence-electron chi connectivity index (χ4n) is 3.59. The molecule has 1 atom stereocenters. The summed E-state index contributed by atoms with van der Waals surface area (Å²) < 4.78 is 1.93. The molecular formula is C19H28N4O2. The minimum Gasteiger partial charge on any atom is -0.395 e. The van der Waals surface area contributed by atoms with Crippen LogP contribution in [0.3, 0.4) is 0 Å². The number of aliphatic hydroxyl groups is 1. The van der Waals surface area contributed by atoms with E-state index in [-0.39, 0.29) is 19.1 Å². The monoisotopic (exact) mass is 344 g/mol. The average molecular weight is 344 g/mol. The Morgan fingerprint density at radius 2 is 2.32 bits per heavy atom. The number of allylic oxidation sites excluding steroid dienone is 2. The molecule has 3 rings (SSSR count). The number of carbonyl (C=O) groups is 1. The number of rotatable bonds is 6. The van der Waals surface area contributed by atoms with Crippen molar-refractivity contribution in [3.05, 3.63) is 41.3 Å². The summed E-state index contributed by atoms with van der Waals surface area (Å²) in [6.07, 6.45) is 5.87. The molecule has 1 aliphatic carbocycles. The van der Waals surface area contributed by atoms with Crippen LogP contribution >= 0.6 is 0 Å². The van der Waals surface area contributed by atoms with Gasteiger partial charge in [0.1, 0.15) is 5.69 Å². The van der Waals surface area contributed by atoms with Crippen LogP contribution in [0.5, 0.6) is 0 Å². The zero-order valence-corrected chi connectivity index (χ0v) is 15.0. The fourth-order valence-corrected chi connectivity index (χ4v) is 3.59. The second kappa shape index (κ2) is 7.97. The van der Waals surface area contributed by atoms with Gasteiger partial charge in [0.25, 0.3) is 5.91 Å². The van der Waals surface area contributed by atoms with E-state index >= 15 is 0 Å². The highest BCUT2D eigenvalue weighted by Crippen LogP contribution is 2.29. The number of aliphatic hydroxyl groups excluding tert-OH is 1. The van der Waals surface area contributed by atoms with Gasteiger partial charge in [-0.3, -0.25) is 14.4 Å². The van der Waals surface area contributed by atoms with Gasteiger partial charge >= 0.3 is 0 Å². The first kappa shape index (κ1) is 17.9. The maximum atomic E-state index is 12.0. The molecule has 0 spiro atoms. The molecule has 0 bridgehead atoms. The molecule has 2 aliphatic rings. The van der Waals surface area contributed by atoms with Crippen LogP contribution in [0.1, 0.15) is 42.4 Å². The molecule has 0 fully saturated rings. The lowest BCUT2D eigenvalue weighted by Crippen LogP contribution is -2.35. The lowest BCUT2D eigenvalue weighted by atomic mass is 9.85. The van der Waals surface area contributed by atoms with Crippen molar-refractivity contribution in [2.75, 3.05) is 26.2 Å². The van der Waals surface area contributed by atoms with Crippen LogP contribution < -0.4 is 5.32 Å². The van der Waals surface area contributed by atoms with Crippen LogP contribution in [0.4, 0.5) is 0 Å². The number of carbonyl (C=O) groups excluding carboxylic acids is 1. The molecule has 1 aliphatic heterocycles. The minimum absolute atomic E-state index is 0.0611. The largest absolute Gasteiger partial charge is 0.395 e. The summed E-state index contributed by atoms with van der Waals surface area (Å²) in [4.78, 5) is 14.4. The molecular weight excluding hydrogens is 316 g/mol. The molecule has 6 nitrogen and oxygen atoms in total. The topological polar surface area (TPSA) is 70.4 Å². The Morgan fingerprint density at radius 1 is 1.48 bits per heavy atom.